The second kappa shape index (κ2) is 6.28. The van der Waals surface area contributed by atoms with E-state index in [1.165, 1.54) is 0 Å². The lowest BCUT2D eigenvalue weighted by Gasteiger charge is -1.97. The topological polar surface area (TPSA) is 65.8 Å². The van der Waals surface area contributed by atoms with Crippen LogP contribution in [0, 0.1) is 11.8 Å². The molecule has 80 valence electrons. The van der Waals surface area contributed by atoms with E-state index in [0.717, 1.165) is 5.56 Å². The van der Waals surface area contributed by atoms with Gasteiger partial charge in [-0.25, -0.2) is 0 Å². The minimum absolute atomic E-state index is 0.0960. The average Bonchev–Trinajstić information content (AvgIpc) is 2.34. The van der Waals surface area contributed by atoms with Gasteiger partial charge in [0.2, 0.25) is 0 Å². The molecule has 0 amide bonds. The predicted molar refractivity (Wildman–Crippen MR) is 62.0 cm³/mol. The zero-order chi connectivity index (χ0) is 11.8. The van der Waals surface area contributed by atoms with E-state index in [0.29, 0.717) is 12.0 Å². The first kappa shape index (κ1) is 11.8. The third-order valence-corrected chi connectivity index (χ3v) is 1.95. The third-order valence-electron chi connectivity index (χ3n) is 1.95. The van der Waals surface area contributed by atoms with Crippen molar-refractivity contribution in [3.63, 3.8) is 0 Å². The molecule has 0 aliphatic heterocycles. The van der Waals surface area contributed by atoms with Crippen LogP contribution in [-0.2, 0) is 0 Å². The van der Waals surface area contributed by atoms with Gasteiger partial charge in [0.05, 0.1) is 6.54 Å². The summed E-state index contributed by atoms with van der Waals surface area (Å²) in [4.78, 5) is 14.0. The zero-order valence-electron chi connectivity index (χ0n) is 8.97. The summed E-state index contributed by atoms with van der Waals surface area (Å²) in [6, 6.07) is 7.12. The van der Waals surface area contributed by atoms with Crippen molar-refractivity contribution in [3.05, 3.63) is 45.8 Å². The Morgan fingerprint density at radius 3 is 3.06 bits per heavy atom. The van der Waals surface area contributed by atoms with E-state index in [4.69, 9.17) is 5.53 Å². The molecule has 0 bridgehead atoms. The lowest BCUT2D eigenvalue weighted by atomic mass is 10.1. The molecule has 0 saturated carbocycles. The van der Waals surface area contributed by atoms with Crippen molar-refractivity contribution < 1.29 is 4.79 Å². The number of hydrogen-bond donors (Lipinski definition) is 0. The maximum absolute atomic E-state index is 11.4. The van der Waals surface area contributed by atoms with Crippen LogP contribution in [0.4, 0.5) is 0 Å². The highest BCUT2D eigenvalue weighted by Gasteiger charge is 2.01. The van der Waals surface area contributed by atoms with E-state index < -0.39 is 0 Å². The lowest BCUT2D eigenvalue weighted by molar-refractivity contribution is 0.0988. The van der Waals surface area contributed by atoms with Gasteiger partial charge in [-0.05, 0) is 17.7 Å². The summed E-state index contributed by atoms with van der Waals surface area (Å²) < 4.78 is 0. The molecule has 0 aliphatic carbocycles. The molecule has 1 rings (SSSR count). The fourth-order valence-corrected chi connectivity index (χ4v) is 1.18. The number of Topliss-reactive ketones (excluding diaryl/α,β-unsaturated/α-hetero) is 1. The number of carbonyl (C=O) groups excluding carboxylic acids is 1. The molecule has 0 atom stereocenters. The fraction of sp³-hybridized carbons (Fsp3) is 0.250. The molecule has 0 radical (unpaired) electrons. The van der Waals surface area contributed by atoms with E-state index in [2.05, 4.69) is 21.9 Å². The van der Waals surface area contributed by atoms with Gasteiger partial charge in [-0.1, -0.05) is 36.0 Å². The van der Waals surface area contributed by atoms with Gasteiger partial charge in [-0.3, -0.25) is 4.79 Å². The fourth-order valence-electron chi connectivity index (χ4n) is 1.18. The minimum atomic E-state index is 0.0960. The van der Waals surface area contributed by atoms with Gasteiger partial charge in [0.1, 0.15) is 0 Å². The van der Waals surface area contributed by atoms with E-state index >= 15 is 0 Å². The largest absolute Gasteiger partial charge is 0.294 e. The van der Waals surface area contributed by atoms with Gasteiger partial charge in [-0.2, -0.15) is 0 Å². The maximum Gasteiger partial charge on any atom is 0.162 e. The molecule has 0 spiro atoms. The molecular weight excluding hydrogens is 202 g/mol. The van der Waals surface area contributed by atoms with Crippen LogP contribution in [0.1, 0.15) is 29.3 Å². The van der Waals surface area contributed by atoms with Crippen LogP contribution in [0.5, 0.6) is 0 Å². The Bertz CT molecular complexity index is 490. The average molecular weight is 213 g/mol. The number of ketones is 1. The van der Waals surface area contributed by atoms with Crippen LogP contribution in [0.2, 0.25) is 0 Å². The van der Waals surface area contributed by atoms with Crippen molar-refractivity contribution >= 4 is 5.78 Å². The molecule has 1 aromatic carbocycles. The predicted octanol–water partition coefficient (Wildman–Crippen LogP) is 2.94. The number of hydrogen-bond acceptors (Lipinski definition) is 2. The van der Waals surface area contributed by atoms with Gasteiger partial charge in [0.25, 0.3) is 0 Å². The van der Waals surface area contributed by atoms with Crippen LogP contribution in [0.25, 0.3) is 10.4 Å². The van der Waals surface area contributed by atoms with E-state index in [1.54, 1.807) is 18.2 Å². The highest BCUT2D eigenvalue weighted by Crippen LogP contribution is 2.06. The van der Waals surface area contributed by atoms with Crippen molar-refractivity contribution in [2.24, 2.45) is 5.11 Å². The molecule has 4 nitrogen and oxygen atoms in total. The number of carbonyl (C=O) groups is 1. The molecule has 0 N–H and O–H groups in total. The van der Waals surface area contributed by atoms with Gasteiger partial charge in [-0.15, -0.1) is 0 Å². The number of nitrogens with zero attached hydrogens (tertiary/aromatic N) is 3. The first-order chi connectivity index (χ1) is 7.77. The number of rotatable bonds is 3. The first-order valence-electron chi connectivity index (χ1n) is 4.91. The van der Waals surface area contributed by atoms with Crippen molar-refractivity contribution in [3.8, 4) is 11.8 Å². The first-order valence-corrected chi connectivity index (χ1v) is 4.91. The van der Waals surface area contributed by atoms with Gasteiger partial charge >= 0.3 is 0 Å². The summed E-state index contributed by atoms with van der Waals surface area (Å²) in [5.74, 6) is 5.63. The molecule has 0 aliphatic rings. The quantitative estimate of drug-likeness (QED) is 0.250. The Morgan fingerprint density at radius 2 is 2.38 bits per heavy atom. The van der Waals surface area contributed by atoms with Gasteiger partial charge in [0, 0.05) is 22.5 Å². The molecule has 0 aromatic heterocycles. The molecular formula is C12H11N3O. The van der Waals surface area contributed by atoms with Crippen LogP contribution in [0.15, 0.2) is 29.4 Å². The molecule has 0 unspecified atom stereocenters. The lowest BCUT2D eigenvalue weighted by Crippen LogP contribution is -1.96. The zero-order valence-corrected chi connectivity index (χ0v) is 8.97. The number of azide groups is 1. The Labute approximate surface area is 93.9 Å². The van der Waals surface area contributed by atoms with Crippen molar-refractivity contribution in [2.45, 2.75) is 13.3 Å². The number of benzene rings is 1. The van der Waals surface area contributed by atoms with Crippen LogP contribution < -0.4 is 0 Å². The summed E-state index contributed by atoms with van der Waals surface area (Å²) >= 11 is 0. The summed E-state index contributed by atoms with van der Waals surface area (Å²) in [7, 11) is 0. The molecule has 16 heavy (non-hydrogen) atoms. The Kier molecular flexibility index (Phi) is 4.65. The molecule has 0 saturated heterocycles. The van der Waals surface area contributed by atoms with Crippen molar-refractivity contribution in [1.29, 1.82) is 0 Å². The Balaban J connectivity index is 2.84. The summed E-state index contributed by atoms with van der Waals surface area (Å²) in [6.45, 7) is 1.96. The van der Waals surface area contributed by atoms with Crippen molar-refractivity contribution in [2.75, 3.05) is 6.54 Å². The smallest absolute Gasteiger partial charge is 0.162 e. The van der Waals surface area contributed by atoms with Crippen LogP contribution in [0.3, 0.4) is 0 Å². The van der Waals surface area contributed by atoms with E-state index in [9.17, 15) is 4.79 Å². The van der Waals surface area contributed by atoms with Gasteiger partial charge in [0.15, 0.2) is 5.78 Å². The maximum atomic E-state index is 11.4. The molecule has 4 heteroatoms. The minimum Gasteiger partial charge on any atom is -0.294 e. The summed E-state index contributed by atoms with van der Waals surface area (Å²) in [5.41, 5.74) is 9.48. The highest BCUT2D eigenvalue weighted by molar-refractivity contribution is 5.96. The monoisotopic (exact) mass is 213 g/mol. The normalized spacial score (nSPS) is 8.56. The highest BCUT2D eigenvalue weighted by atomic mass is 16.1. The van der Waals surface area contributed by atoms with Crippen LogP contribution in [-0.4, -0.2) is 12.3 Å². The van der Waals surface area contributed by atoms with Gasteiger partial charge < -0.3 is 0 Å². The standard InChI is InChI=1S/C12H11N3O/c1-2-12(16)11-7-3-5-10(9-11)6-4-8-14-15-13/h3,5,7,9H,2,8H2,1H3. The molecule has 1 aromatic rings. The molecule has 0 fully saturated rings. The third kappa shape index (κ3) is 3.49. The van der Waals surface area contributed by atoms with E-state index in [-0.39, 0.29) is 12.3 Å². The van der Waals surface area contributed by atoms with E-state index in [1.807, 2.05) is 13.0 Å². The summed E-state index contributed by atoms with van der Waals surface area (Å²) in [5, 5.41) is 3.30. The molecule has 0 heterocycles. The SMILES string of the molecule is CCC(=O)c1cccc(C#CCN=[N+]=[N-])c1. The Morgan fingerprint density at radius 1 is 1.56 bits per heavy atom. The summed E-state index contributed by atoms with van der Waals surface area (Å²) in [6.07, 6.45) is 0.482. The van der Waals surface area contributed by atoms with Crippen molar-refractivity contribution in [1.82, 2.24) is 0 Å². The van der Waals surface area contributed by atoms with Crippen LogP contribution >= 0.6 is 0 Å². The Hall–Kier alpha value is -2.24. The second-order valence-electron chi connectivity index (χ2n) is 3.05. The second-order valence-corrected chi connectivity index (χ2v) is 3.05.